The van der Waals surface area contributed by atoms with Crippen molar-refractivity contribution in [3.8, 4) is 11.5 Å². The molecule has 1 amide bonds. The summed E-state index contributed by atoms with van der Waals surface area (Å²) in [5.74, 6) is 1.09. The molecule has 0 aliphatic carbocycles. The molecule has 128 valence electrons. The van der Waals surface area contributed by atoms with Crippen LogP contribution >= 0.6 is 11.3 Å². The number of nitrogens with zero attached hydrogens (tertiary/aromatic N) is 1. The highest BCUT2D eigenvalue weighted by molar-refractivity contribution is 7.22. The van der Waals surface area contributed by atoms with E-state index in [-0.39, 0.29) is 5.91 Å². The number of fused-ring (bicyclic) bond motifs is 1. The predicted octanol–water partition coefficient (Wildman–Crippen LogP) is 4.36. The number of hydrogen-bond acceptors (Lipinski definition) is 5. The predicted molar refractivity (Wildman–Crippen MR) is 101 cm³/mol. The van der Waals surface area contributed by atoms with Crippen LogP contribution in [0.15, 0.2) is 48.5 Å². The van der Waals surface area contributed by atoms with Crippen molar-refractivity contribution < 1.29 is 14.3 Å². The van der Waals surface area contributed by atoms with E-state index in [0.29, 0.717) is 23.2 Å². The number of ether oxygens (including phenoxy) is 2. The molecule has 2 aromatic carbocycles. The molecule has 6 heteroatoms. The van der Waals surface area contributed by atoms with Gasteiger partial charge in [-0.25, -0.2) is 4.98 Å². The van der Waals surface area contributed by atoms with E-state index in [1.807, 2.05) is 49.4 Å². The summed E-state index contributed by atoms with van der Waals surface area (Å²) in [6, 6.07) is 13.3. The molecule has 0 aliphatic rings. The summed E-state index contributed by atoms with van der Waals surface area (Å²) in [6.45, 7) is 2.48. The lowest BCUT2D eigenvalue weighted by Gasteiger charge is -2.09. The molecular formula is C19H18N2O3S. The van der Waals surface area contributed by atoms with Gasteiger partial charge >= 0.3 is 0 Å². The molecule has 5 nitrogen and oxygen atoms in total. The van der Waals surface area contributed by atoms with Gasteiger partial charge in [-0.15, -0.1) is 0 Å². The fourth-order valence-electron chi connectivity index (χ4n) is 2.31. The van der Waals surface area contributed by atoms with Crippen LogP contribution in [0.4, 0.5) is 5.13 Å². The SMILES string of the molecule is CCOc1ccc(C=CC(=O)Nc2nc3ccccc3s2)cc1OC. The fourth-order valence-corrected chi connectivity index (χ4v) is 3.18. The Bertz CT molecular complexity index is 885. The van der Waals surface area contributed by atoms with Crippen LogP contribution in [0, 0.1) is 0 Å². The lowest BCUT2D eigenvalue weighted by molar-refractivity contribution is -0.111. The monoisotopic (exact) mass is 354 g/mol. The number of carbonyl (C=O) groups is 1. The molecule has 0 fully saturated rings. The molecule has 1 N–H and O–H groups in total. The van der Waals surface area contributed by atoms with E-state index in [1.165, 1.54) is 17.4 Å². The number of hydrogen-bond donors (Lipinski definition) is 1. The third-order valence-corrected chi connectivity index (χ3v) is 4.39. The van der Waals surface area contributed by atoms with E-state index in [0.717, 1.165) is 15.8 Å². The highest BCUT2D eigenvalue weighted by Gasteiger charge is 2.06. The summed E-state index contributed by atoms with van der Waals surface area (Å²) in [5.41, 5.74) is 1.72. The van der Waals surface area contributed by atoms with E-state index >= 15 is 0 Å². The minimum atomic E-state index is -0.230. The molecule has 0 atom stereocenters. The number of methoxy groups -OCH3 is 1. The van der Waals surface area contributed by atoms with E-state index in [9.17, 15) is 4.79 Å². The van der Waals surface area contributed by atoms with Crippen LogP contribution in [0.2, 0.25) is 0 Å². The van der Waals surface area contributed by atoms with Crippen LogP contribution in [0.25, 0.3) is 16.3 Å². The van der Waals surface area contributed by atoms with Gasteiger partial charge in [-0.2, -0.15) is 0 Å². The van der Waals surface area contributed by atoms with Gasteiger partial charge in [0, 0.05) is 6.08 Å². The zero-order valence-corrected chi connectivity index (χ0v) is 14.8. The zero-order valence-electron chi connectivity index (χ0n) is 14.0. The molecule has 0 aliphatic heterocycles. The topological polar surface area (TPSA) is 60.5 Å². The maximum atomic E-state index is 12.1. The largest absolute Gasteiger partial charge is 0.493 e. The van der Waals surface area contributed by atoms with E-state index in [1.54, 1.807) is 13.2 Å². The Balaban J connectivity index is 1.69. The van der Waals surface area contributed by atoms with Crippen LogP contribution in [-0.4, -0.2) is 24.6 Å². The minimum absolute atomic E-state index is 0.230. The molecule has 0 unspecified atom stereocenters. The molecule has 1 heterocycles. The molecule has 0 bridgehead atoms. The van der Waals surface area contributed by atoms with E-state index in [2.05, 4.69) is 10.3 Å². The van der Waals surface area contributed by atoms with Crippen molar-refractivity contribution in [2.75, 3.05) is 19.0 Å². The lowest BCUT2D eigenvalue weighted by Crippen LogP contribution is -2.07. The number of aromatic nitrogens is 1. The first-order chi connectivity index (χ1) is 12.2. The Morgan fingerprint density at radius 2 is 2.08 bits per heavy atom. The average molecular weight is 354 g/mol. The molecule has 1 aromatic heterocycles. The van der Waals surface area contributed by atoms with Crippen LogP contribution in [-0.2, 0) is 4.79 Å². The second kappa shape index (κ2) is 7.81. The van der Waals surface area contributed by atoms with Crippen molar-refractivity contribution in [2.45, 2.75) is 6.92 Å². The summed E-state index contributed by atoms with van der Waals surface area (Å²) < 4.78 is 11.8. The highest BCUT2D eigenvalue weighted by atomic mass is 32.1. The molecule has 0 saturated heterocycles. The summed E-state index contributed by atoms with van der Waals surface area (Å²) in [5, 5.41) is 3.37. The maximum absolute atomic E-state index is 12.1. The first kappa shape index (κ1) is 17.0. The Morgan fingerprint density at radius 3 is 2.84 bits per heavy atom. The quantitative estimate of drug-likeness (QED) is 0.668. The number of para-hydroxylation sites is 1. The number of benzene rings is 2. The Labute approximate surface area is 149 Å². The molecular weight excluding hydrogens is 336 g/mol. The lowest BCUT2D eigenvalue weighted by atomic mass is 10.2. The average Bonchev–Trinajstić information content (AvgIpc) is 3.03. The molecule has 0 saturated carbocycles. The number of thiazole rings is 1. The minimum Gasteiger partial charge on any atom is -0.493 e. The van der Waals surface area contributed by atoms with Gasteiger partial charge in [0.2, 0.25) is 5.91 Å². The van der Waals surface area contributed by atoms with E-state index < -0.39 is 0 Å². The molecule has 0 spiro atoms. The smallest absolute Gasteiger partial charge is 0.250 e. The summed E-state index contributed by atoms with van der Waals surface area (Å²) in [4.78, 5) is 16.5. The van der Waals surface area contributed by atoms with Gasteiger partial charge in [0.05, 0.1) is 23.9 Å². The standard InChI is InChI=1S/C19H18N2O3S/c1-3-24-15-10-8-13(12-16(15)23-2)9-11-18(22)21-19-20-14-6-4-5-7-17(14)25-19/h4-12H,3H2,1-2H3,(H,20,21,22). The van der Waals surface area contributed by atoms with Gasteiger partial charge < -0.3 is 9.47 Å². The Kier molecular flexibility index (Phi) is 5.30. The number of nitrogens with one attached hydrogen (secondary N) is 1. The van der Waals surface area contributed by atoms with Crippen LogP contribution in [0.5, 0.6) is 11.5 Å². The number of rotatable bonds is 6. The van der Waals surface area contributed by atoms with Crippen molar-refractivity contribution in [1.82, 2.24) is 4.98 Å². The maximum Gasteiger partial charge on any atom is 0.250 e. The second-order valence-electron chi connectivity index (χ2n) is 5.15. The molecule has 3 rings (SSSR count). The zero-order chi connectivity index (χ0) is 17.6. The first-order valence-corrected chi connectivity index (χ1v) is 8.66. The van der Waals surface area contributed by atoms with Crippen molar-refractivity contribution in [3.05, 3.63) is 54.1 Å². The van der Waals surface area contributed by atoms with Gasteiger partial charge in [0.1, 0.15) is 0 Å². The van der Waals surface area contributed by atoms with Crippen molar-refractivity contribution >= 4 is 38.7 Å². The van der Waals surface area contributed by atoms with Gasteiger partial charge in [0.25, 0.3) is 0 Å². The third kappa shape index (κ3) is 4.16. The summed E-state index contributed by atoms with van der Waals surface area (Å²) in [7, 11) is 1.59. The van der Waals surface area contributed by atoms with Crippen molar-refractivity contribution in [3.63, 3.8) is 0 Å². The van der Waals surface area contributed by atoms with Gasteiger partial charge in [0.15, 0.2) is 16.6 Å². The summed E-state index contributed by atoms with van der Waals surface area (Å²) in [6.07, 6.45) is 3.20. The van der Waals surface area contributed by atoms with Gasteiger partial charge in [-0.3, -0.25) is 10.1 Å². The van der Waals surface area contributed by atoms with Crippen molar-refractivity contribution in [1.29, 1.82) is 0 Å². The normalized spacial score (nSPS) is 11.0. The molecule has 25 heavy (non-hydrogen) atoms. The van der Waals surface area contributed by atoms with Gasteiger partial charge in [-0.05, 0) is 42.8 Å². The van der Waals surface area contributed by atoms with Crippen LogP contribution < -0.4 is 14.8 Å². The Hall–Kier alpha value is -2.86. The number of anilines is 1. The molecule has 3 aromatic rings. The van der Waals surface area contributed by atoms with Crippen molar-refractivity contribution in [2.24, 2.45) is 0 Å². The van der Waals surface area contributed by atoms with Crippen LogP contribution in [0.3, 0.4) is 0 Å². The van der Waals surface area contributed by atoms with Gasteiger partial charge in [-0.1, -0.05) is 29.5 Å². The third-order valence-electron chi connectivity index (χ3n) is 3.44. The number of amides is 1. The van der Waals surface area contributed by atoms with Crippen LogP contribution in [0.1, 0.15) is 12.5 Å². The van der Waals surface area contributed by atoms with E-state index in [4.69, 9.17) is 9.47 Å². The second-order valence-corrected chi connectivity index (χ2v) is 6.18. The first-order valence-electron chi connectivity index (χ1n) is 7.85. The Morgan fingerprint density at radius 1 is 1.24 bits per heavy atom. The summed E-state index contributed by atoms with van der Waals surface area (Å²) >= 11 is 1.45. The fraction of sp³-hybridized carbons (Fsp3) is 0.158. The molecule has 0 radical (unpaired) electrons. The highest BCUT2D eigenvalue weighted by Crippen LogP contribution is 2.28. The number of carbonyl (C=O) groups excluding carboxylic acids is 1.